The van der Waals surface area contributed by atoms with E-state index in [-0.39, 0.29) is 11.8 Å². The predicted molar refractivity (Wildman–Crippen MR) is 108 cm³/mol. The molecular weight excluding hydrogens is 340 g/mol. The van der Waals surface area contributed by atoms with Crippen LogP contribution in [0.2, 0.25) is 0 Å². The van der Waals surface area contributed by atoms with Crippen molar-refractivity contribution in [2.75, 3.05) is 11.9 Å². The number of anilines is 1. The number of hydrogen-bond donors (Lipinski definition) is 2. The number of amides is 2. The van der Waals surface area contributed by atoms with Gasteiger partial charge in [0.25, 0.3) is 11.8 Å². The third-order valence-corrected chi connectivity index (χ3v) is 4.50. The highest BCUT2D eigenvalue weighted by molar-refractivity contribution is 6.04. The van der Waals surface area contributed by atoms with Crippen LogP contribution in [0.3, 0.4) is 0 Å². The Labute approximate surface area is 161 Å². The molecule has 0 aliphatic heterocycles. The highest BCUT2D eigenvalue weighted by Gasteiger charge is 2.20. The molecule has 0 fully saturated rings. The van der Waals surface area contributed by atoms with E-state index in [1.54, 1.807) is 31.2 Å². The van der Waals surface area contributed by atoms with Crippen LogP contribution in [0.15, 0.2) is 48.5 Å². The van der Waals surface area contributed by atoms with Gasteiger partial charge in [-0.05, 0) is 49.9 Å². The lowest BCUT2D eigenvalue weighted by Crippen LogP contribution is -2.32. The largest absolute Gasteiger partial charge is 0.481 e. The van der Waals surface area contributed by atoms with Gasteiger partial charge in [0.05, 0.1) is 11.3 Å². The van der Waals surface area contributed by atoms with Crippen molar-refractivity contribution in [3.05, 3.63) is 59.7 Å². The third-order valence-electron chi connectivity index (χ3n) is 4.50. The zero-order valence-electron chi connectivity index (χ0n) is 16.4. The molecular formula is C22H28N2O3. The Morgan fingerprint density at radius 2 is 1.67 bits per heavy atom. The quantitative estimate of drug-likeness (QED) is 0.728. The number of nitrogens with one attached hydrogen (secondary N) is 2. The summed E-state index contributed by atoms with van der Waals surface area (Å²) in [4.78, 5) is 24.8. The van der Waals surface area contributed by atoms with Crippen molar-refractivity contribution in [1.82, 2.24) is 5.32 Å². The molecule has 2 atom stereocenters. The van der Waals surface area contributed by atoms with Gasteiger partial charge >= 0.3 is 0 Å². The number of carbonyl (C=O) groups is 2. The van der Waals surface area contributed by atoms with Gasteiger partial charge in [0, 0.05) is 6.54 Å². The monoisotopic (exact) mass is 368 g/mol. The molecule has 5 heteroatoms. The minimum Gasteiger partial charge on any atom is -0.481 e. The molecule has 0 spiro atoms. The van der Waals surface area contributed by atoms with Crippen LogP contribution in [0.4, 0.5) is 5.69 Å². The molecule has 2 aromatic rings. The van der Waals surface area contributed by atoms with Crippen molar-refractivity contribution in [3.63, 3.8) is 0 Å². The molecule has 5 nitrogen and oxygen atoms in total. The lowest BCUT2D eigenvalue weighted by molar-refractivity contribution is -0.122. The van der Waals surface area contributed by atoms with Crippen LogP contribution in [-0.2, 0) is 4.79 Å². The molecule has 2 rings (SSSR count). The maximum absolute atomic E-state index is 12.6. The number of ether oxygens (including phenoxy) is 1. The van der Waals surface area contributed by atoms with Crippen LogP contribution in [0.1, 0.15) is 56.0 Å². The average Bonchev–Trinajstić information content (AvgIpc) is 2.68. The van der Waals surface area contributed by atoms with E-state index in [1.165, 1.54) is 0 Å². The van der Waals surface area contributed by atoms with Crippen LogP contribution in [0.5, 0.6) is 5.75 Å². The first-order valence-corrected chi connectivity index (χ1v) is 9.41. The third kappa shape index (κ3) is 5.33. The average molecular weight is 368 g/mol. The van der Waals surface area contributed by atoms with E-state index >= 15 is 0 Å². The van der Waals surface area contributed by atoms with Crippen molar-refractivity contribution in [3.8, 4) is 5.75 Å². The van der Waals surface area contributed by atoms with Crippen molar-refractivity contribution in [1.29, 1.82) is 0 Å². The van der Waals surface area contributed by atoms with E-state index in [2.05, 4.69) is 24.5 Å². The fourth-order valence-electron chi connectivity index (χ4n) is 2.74. The van der Waals surface area contributed by atoms with Gasteiger partial charge in [-0.25, -0.2) is 0 Å². The summed E-state index contributed by atoms with van der Waals surface area (Å²) in [6.07, 6.45) is 0.290. The highest BCUT2D eigenvalue weighted by atomic mass is 16.5. The Kier molecular flexibility index (Phi) is 7.41. The normalized spacial score (nSPS) is 12.7. The summed E-state index contributed by atoms with van der Waals surface area (Å²) in [7, 11) is 0. The molecule has 2 aromatic carbocycles. The molecule has 144 valence electrons. The van der Waals surface area contributed by atoms with Crippen molar-refractivity contribution >= 4 is 17.5 Å². The summed E-state index contributed by atoms with van der Waals surface area (Å²) in [6.45, 7) is 8.33. The van der Waals surface area contributed by atoms with Gasteiger partial charge < -0.3 is 15.4 Å². The van der Waals surface area contributed by atoms with Gasteiger partial charge in [-0.3, -0.25) is 9.59 Å². The Morgan fingerprint density at radius 1 is 1.00 bits per heavy atom. The second-order valence-electron chi connectivity index (χ2n) is 6.50. The molecule has 0 radical (unpaired) electrons. The molecule has 0 aliphatic carbocycles. The van der Waals surface area contributed by atoms with E-state index in [9.17, 15) is 9.59 Å². The summed E-state index contributed by atoms with van der Waals surface area (Å²) in [5, 5.41) is 5.56. The van der Waals surface area contributed by atoms with E-state index in [0.717, 1.165) is 12.0 Å². The lowest BCUT2D eigenvalue weighted by Gasteiger charge is -2.20. The molecule has 27 heavy (non-hydrogen) atoms. The Morgan fingerprint density at radius 3 is 2.37 bits per heavy atom. The standard InChI is InChI=1S/C22H28N2O3/c1-5-15(3)17-11-8-10-14-20(17)27-16(4)21(25)24-19-13-9-7-12-18(19)22(26)23-6-2/h7-16H,5-6H2,1-4H3,(H,23,26)(H,24,25). The first-order chi connectivity index (χ1) is 13.0. The molecule has 0 saturated heterocycles. The summed E-state index contributed by atoms with van der Waals surface area (Å²) < 4.78 is 5.94. The zero-order chi connectivity index (χ0) is 19.8. The smallest absolute Gasteiger partial charge is 0.265 e. The SMILES string of the molecule is CCNC(=O)c1ccccc1NC(=O)C(C)Oc1ccccc1C(C)CC. The lowest BCUT2D eigenvalue weighted by atomic mass is 9.98. The maximum Gasteiger partial charge on any atom is 0.265 e. The second-order valence-corrected chi connectivity index (χ2v) is 6.50. The molecule has 2 N–H and O–H groups in total. The van der Waals surface area contributed by atoms with Crippen LogP contribution in [0, 0.1) is 0 Å². The van der Waals surface area contributed by atoms with Gasteiger partial charge in [-0.1, -0.05) is 44.2 Å². The van der Waals surface area contributed by atoms with Crippen LogP contribution in [-0.4, -0.2) is 24.5 Å². The van der Waals surface area contributed by atoms with E-state index in [0.29, 0.717) is 29.5 Å². The maximum atomic E-state index is 12.6. The summed E-state index contributed by atoms with van der Waals surface area (Å²) in [6, 6.07) is 14.7. The number of para-hydroxylation sites is 2. The molecule has 2 unspecified atom stereocenters. The van der Waals surface area contributed by atoms with E-state index in [1.807, 2.05) is 31.2 Å². The number of rotatable bonds is 8. The Hall–Kier alpha value is -2.82. The number of benzene rings is 2. The van der Waals surface area contributed by atoms with Gasteiger partial charge in [-0.15, -0.1) is 0 Å². The highest BCUT2D eigenvalue weighted by Crippen LogP contribution is 2.29. The zero-order valence-corrected chi connectivity index (χ0v) is 16.4. The van der Waals surface area contributed by atoms with Gasteiger partial charge in [0.2, 0.25) is 0 Å². The predicted octanol–water partition coefficient (Wildman–Crippen LogP) is 4.36. The van der Waals surface area contributed by atoms with Crippen molar-refractivity contribution in [2.24, 2.45) is 0 Å². The van der Waals surface area contributed by atoms with Crippen LogP contribution < -0.4 is 15.4 Å². The molecule has 0 saturated carbocycles. The topological polar surface area (TPSA) is 67.4 Å². The van der Waals surface area contributed by atoms with E-state index in [4.69, 9.17) is 4.74 Å². The fourth-order valence-corrected chi connectivity index (χ4v) is 2.74. The van der Waals surface area contributed by atoms with E-state index < -0.39 is 6.10 Å². The van der Waals surface area contributed by atoms with Crippen LogP contribution in [0.25, 0.3) is 0 Å². The van der Waals surface area contributed by atoms with Crippen LogP contribution >= 0.6 is 0 Å². The van der Waals surface area contributed by atoms with Gasteiger partial charge in [0.15, 0.2) is 6.10 Å². The molecule has 0 aliphatic rings. The summed E-state index contributed by atoms with van der Waals surface area (Å²) in [5.74, 6) is 0.538. The first kappa shape index (κ1) is 20.5. The second kappa shape index (κ2) is 9.76. The Bertz CT molecular complexity index is 789. The minimum atomic E-state index is -0.697. The number of hydrogen-bond acceptors (Lipinski definition) is 3. The number of carbonyl (C=O) groups excluding carboxylic acids is 2. The van der Waals surface area contributed by atoms with Crippen molar-refractivity contribution < 1.29 is 14.3 Å². The minimum absolute atomic E-state index is 0.218. The fraction of sp³-hybridized carbons (Fsp3) is 0.364. The molecule has 0 heterocycles. The Balaban J connectivity index is 2.13. The van der Waals surface area contributed by atoms with Gasteiger partial charge in [0.1, 0.15) is 5.75 Å². The van der Waals surface area contributed by atoms with Crippen molar-refractivity contribution in [2.45, 2.75) is 46.1 Å². The molecule has 2 amide bonds. The molecule has 0 bridgehead atoms. The molecule has 0 aromatic heterocycles. The summed E-state index contributed by atoms with van der Waals surface area (Å²) in [5.41, 5.74) is 1.99. The summed E-state index contributed by atoms with van der Waals surface area (Å²) >= 11 is 0. The van der Waals surface area contributed by atoms with Gasteiger partial charge in [-0.2, -0.15) is 0 Å². The first-order valence-electron chi connectivity index (χ1n) is 9.41.